The third-order valence-electron chi connectivity index (χ3n) is 9.90. The quantitative estimate of drug-likeness (QED) is 0.111. The standard InChI is InChI=1S/C38H41N6O8P/c1-3-18-42-24-34(45)43-32(19-25-12-16-29(17-13-25)52-53(49,50)51)37(47)41(23-33(43)44(42)38(48)39-20-26-8-5-4-6-9-26)21-28-10-7-11-30-31(22-40(2)35(28)30)36(46)27-14-15-27/h3-13,16-17,22,27,32-33H,1,14-15,18-21,23-24H2,2H3,(H,39,48)(H2,49,50,51)/t32-,33-/m0/s1. The van der Waals surface area contributed by atoms with Crippen molar-refractivity contribution in [1.29, 1.82) is 0 Å². The van der Waals surface area contributed by atoms with Crippen molar-refractivity contribution in [3.05, 3.63) is 114 Å². The number of piperazine rings is 1. The predicted molar refractivity (Wildman–Crippen MR) is 195 cm³/mol. The highest BCUT2D eigenvalue weighted by Crippen LogP contribution is 2.38. The highest BCUT2D eigenvalue weighted by molar-refractivity contribution is 7.46. The lowest BCUT2D eigenvalue weighted by molar-refractivity contribution is -0.189. The molecule has 1 aromatic heterocycles. The first-order chi connectivity index (χ1) is 25.4. The molecule has 1 saturated carbocycles. The highest BCUT2D eigenvalue weighted by atomic mass is 31.2. The molecule has 276 valence electrons. The highest BCUT2D eigenvalue weighted by Gasteiger charge is 2.51. The molecule has 14 nitrogen and oxygen atoms in total. The van der Waals surface area contributed by atoms with Crippen LogP contribution in [-0.4, -0.2) is 89.6 Å². The molecular weight excluding hydrogens is 699 g/mol. The van der Waals surface area contributed by atoms with Gasteiger partial charge in [0.05, 0.1) is 18.6 Å². The molecule has 1 aliphatic carbocycles. The van der Waals surface area contributed by atoms with Crippen molar-refractivity contribution in [3.63, 3.8) is 0 Å². The van der Waals surface area contributed by atoms with E-state index in [1.807, 2.05) is 66.3 Å². The molecule has 3 heterocycles. The molecule has 7 rings (SSSR count). The number of carbonyl (C=O) groups is 4. The Balaban J connectivity index is 1.25. The number of phosphoric acid groups is 1. The first kappa shape index (κ1) is 36.1. The van der Waals surface area contributed by atoms with Gasteiger partial charge in [-0.2, -0.15) is 0 Å². The van der Waals surface area contributed by atoms with E-state index in [0.717, 1.165) is 34.9 Å². The predicted octanol–water partition coefficient (Wildman–Crippen LogP) is 3.98. The number of aryl methyl sites for hydroxylation is 1. The topological polar surface area (TPSA) is 165 Å². The van der Waals surface area contributed by atoms with E-state index in [-0.39, 0.29) is 68.4 Å². The number of carbonyl (C=O) groups excluding carboxylic acids is 4. The van der Waals surface area contributed by atoms with Crippen LogP contribution in [0, 0.1) is 5.92 Å². The fourth-order valence-corrected chi connectivity index (χ4v) is 7.79. The van der Waals surface area contributed by atoms with Crippen LogP contribution in [0.2, 0.25) is 0 Å². The van der Waals surface area contributed by atoms with Crippen LogP contribution in [0.15, 0.2) is 91.6 Å². The molecule has 0 spiro atoms. The van der Waals surface area contributed by atoms with E-state index in [9.17, 15) is 33.5 Å². The minimum atomic E-state index is -4.79. The van der Waals surface area contributed by atoms with Crippen LogP contribution >= 0.6 is 7.82 Å². The Labute approximate surface area is 306 Å². The van der Waals surface area contributed by atoms with Crippen molar-refractivity contribution in [1.82, 2.24) is 29.7 Å². The van der Waals surface area contributed by atoms with Crippen LogP contribution in [0.1, 0.15) is 39.9 Å². The van der Waals surface area contributed by atoms with Crippen molar-refractivity contribution in [2.45, 2.75) is 44.6 Å². The Hall–Kier alpha value is -5.27. The summed E-state index contributed by atoms with van der Waals surface area (Å²) in [7, 11) is -2.91. The number of phosphoric ester groups is 1. The molecule has 4 amide bonds. The molecule has 2 saturated heterocycles. The molecule has 4 aromatic rings. The number of nitrogens with one attached hydrogen (secondary N) is 1. The van der Waals surface area contributed by atoms with Gasteiger partial charge in [0.15, 0.2) is 5.78 Å². The van der Waals surface area contributed by atoms with E-state index < -0.39 is 26.1 Å². The number of amides is 4. The SMILES string of the molecule is C=CCN1CC(=O)N2[C@@H](Cc3ccc(OP(=O)(O)O)cc3)C(=O)N(Cc3cccc4c(C(=O)C5CC5)cn(C)c34)C[C@@H]2N1C(=O)NCc1ccccc1. The average Bonchev–Trinajstić information content (AvgIpc) is 3.92. The van der Waals surface area contributed by atoms with Gasteiger partial charge in [0, 0.05) is 56.2 Å². The zero-order chi connectivity index (χ0) is 37.4. The zero-order valence-electron chi connectivity index (χ0n) is 29.2. The minimum absolute atomic E-state index is 0.0111. The van der Waals surface area contributed by atoms with Gasteiger partial charge in [-0.1, -0.05) is 66.7 Å². The number of ketones is 1. The van der Waals surface area contributed by atoms with Crippen molar-refractivity contribution in [2.24, 2.45) is 13.0 Å². The van der Waals surface area contributed by atoms with Gasteiger partial charge in [0.2, 0.25) is 11.8 Å². The van der Waals surface area contributed by atoms with Gasteiger partial charge in [0.25, 0.3) is 0 Å². The number of rotatable bonds is 12. The van der Waals surface area contributed by atoms with Crippen LogP contribution in [-0.2, 0) is 40.7 Å². The van der Waals surface area contributed by atoms with Gasteiger partial charge in [0.1, 0.15) is 18.0 Å². The second-order valence-electron chi connectivity index (χ2n) is 13.7. The Morgan fingerprint density at radius 3 is 2.42 bits per heavy atom. The number of benzene rings is 3. The van der Waals surface area contributed by atoms with Gasteiger partial charge in [-0.3, -0.25) is 24.2 Å². The van der Waals surface area contributed by atoms with Crippen LogP contribution in [0.5, 0.6) is 5.75 Å². The zero-order valence-corrected chi connectivity index (χ0v) is 30.1. The summed E-state index contributed by atoms with van der Waals surface area (Å²) in [6, 6.07) is 19.6. The summed E-state index contributed by atoms with van der Waals surface area (Å²) in [4.78, 5) is 77.6. The summed E-state index contributed by atoms with van der Waals surface area (Å²) >= 11 is 0. The molecule has 15 heteroatoms. The molecule has 0 bridgehead atoms. The monoisotopic (exact) mass is 740 g/mol. The first-order valence-corrected chi connectivity index (χ1v) is 19.0. The molecule has 2 atom stereocenters. The van der Waals surface area contributed by atoms with Gasteiger partial charge >= 0.3 is 13.9 Å². The Morgan fingerprint density at radius 1 is 1.00 bits per heavy atom. The molecule has 3 aromatic carbocycles. The lowest BCUT2D eigenvalue weighted by Gasteiger charge is -2.55. The van der Waals surface area contributed by atoms with E-state index in [1.165, 1.54) is 22.0 Å². The normalized spacial score (nSPS) is 19.3. The van der Waals surface area contributed by atoms with Crippen LogP contribution < -0.4 is 9.84 Å². The number of hydrazine groups is 1. The molecular formula is C38H41N6O8P. The maximum atomic E-state index is 14.6. The maximum Gasteiger partial charge on any atom is 0.524 e. The number of Topliss-reactive ketones (excluding diaryl/α,β-unsaturated/α-hetero) is 1. The number of hydrogen-bond donors (Lipinski definition) is 3. The molecule has 2 aliphatic heterocycles. The summed E-state index contributed by atoms with van der Waals surface area (Å²) < 4.78 is 18.0. The summed E-state index contributed by atoms with van der Waals surface area (Å²) in [5, 5.41) is 6.93. The van der Waals surface area contributed by atoms with Crippen LogP contribution in [0.4, 0.5) is 4.79 Å². The van der Waals surface area contributed by atoms with Crippen molar-refractivity contribution in [3.8, 4) is 5.75 Å². The second kappa shape index (κ2) is 14.6. The van der Waals surface area contributed by atoms with E-state index in [1.54, 1.807) is 28.1 Å². The first-order valence-electron chi connectivity index (χ1n) is 17.4. The molecule has 3 fully saturated rings. The average molecular weight is 741 g/mol. The second-order valence-corrected chi connectivity index (χ2v) is 14.8. The number of fused-ring (bicyclic) bond motifs is 2. The third-order valence-corrected chi connectivity index (χ3v) is 10.3. The van der Waals surface area contributed by atoms with Crippen molar-refractivity contribution >= 4 is 42.4 Å². The number of para-hydroxylation sites is 1. The van der Waals surface area contributed by atoms with Gasteiger partial charge in [-0.05, 0) is 41.7 Å². The fraction of sp³-hybridized carbons (Fsp3) is 0.316. The number of hydrogen-bond acceptors (Lipinski definition) is 7. The van der Waals surface area contributed by atoms with Gasteiger partial charge < -0.3 is 24.2 Å². The van der Waals surface area contributed by atoms with E-state index in [2.05, 4.69) is 11.9 Å². The van der Waals surface area contributed by atoms with E-state index in [0.29, 0.717) is 11.1 Å². The number of nitrogens with zero attached hydrogens (tertiary/aromatic N) is 5. The maximum absolute atomic E-state index is 14.6. The smallest absolute Gasteiger partial charge is 0.404 e. The van der Waals surface area contributed by atoms with Crippen LogP contribution in [0.3, 0.4) is 0 Å². The summed E-state index contributed by atoms with van der Waals surface area (Å²) in [5.41, 5.74) is 3.79. The molecule has 53 heavy (non-hydrogen) atoms. The Bertz CT molecular complexity index is 2110. The molecule has 0 radical (unpaired) electrons. The minimum Gasteiger partial charge on any atom is -0.404 e. The largest absolute Gasteiger partial charge is 0.524 e. The number of urea groups is 1. The lowest BCUT2D eigenvalue weighted by atomic mass is 9.97. The molecule has 3 aliphatic rings. The molecule has 3 N–H and O–H groups in total. The third kappa shape index (κ3) is 7.63. The van der Waals surface area contributed by atoms with Gasteiger partial charge in [-0.25, -0.2) is 19.4 Å². The van der Waals surface area contributed by atoms with Crippen molar-refractivity contribution < 1.29 is 38.1 Å². The van der Waals surface area contributed by atoms with E-state index in [4.69, 9.17) is 4.52 Å². The number of aromatic nitrogens is 1. The summed E-state index contributed by atoms with van der Waals surface area (Å²) in [6.45, 7) is 4.28. The molecule has 0 unspecified atom stereocenters. The van der Waals surface area contributed by atoms with E-state index >= 15 is 0 Å². The Morgan fingerprint density at radius 2 is 1.74 bits per heavy atom. The lowest BCUT2D eigenvalue weighted by Crippen LogP contribution is -2.76. The van der Waals surface area contributed by atoms with Crippen LogP contribution in [0.25, 0.3) is 10.9 Å². The summed E-state index contributed by atoms with van der Waals surface area (Å²) in [5.74, 6) is -0.556. The Kier molecular flexibility index (Phi) is 9.97. The van der Waals surface area contributed by atoms with Gasteiger partial charge in [-0.15, -0.1) is 6.58 Å². The van der Waals surface area contributed by atoms with Crippen molar-refractivity contribution in [2.75, 3.05) is 19.6 Å². The fourth-order valence-electron chi connectivity index (χ4n) is 7.39. The summed E-state index contributed by atoms with van der Waals surface area (Å²) in [6.07, 6.45) is 4.40.